The van der Waals surface area contributed by atoms with Gasteiger partial charge in [0, 0.05) is 24.7 Å². The predicted octanol–water partition coefficient (Wildman–Crippen LogP) is 1.72. The summed E-state index contributed by atoms with van der Waals surface area (Å²) in [6.45, 7) is 4.05. The lowest BCUT2D eigenvalue weighted by molar-refractivity contribution is -0.129. The van der Waals surface area contributed by atoms with Crippen LogP contribution in [0.2, 0.25) is 0 Å². The van der Waals surface area contributed by atoms with Crippen LogP contribution in [0, 0.1) is 0 Å². The molecule has 0 aliphatic carbocycles. The van der Waals surface area contributed by atoms with E-state index in [1.54, 1.807) is 18.9 Å². The van der Waals surface area contributed by atoms with Crippen LogP contribution in [0.3, 0.4) is 0 Å². The molecule has 1 atom stereocenters. The van der Waals surface area contributed by atoms with Crippen molar-refractivity contribution in [3.05, 3.63) is 24.3 Å². The molecule has 108 valence electrons. The third-order valence-corrected chi connectivity index (χ3v) is 3.77. The third kappa shape index (κ3) is 2.61. The first-order valence-electron chi connectivity index (χ1n) is 6.77. The fraction of sp³-hybridized carbons (Fsp3) is 0.467. The lowest BCUT2D eigenvalue weighted by Gasteiger charge is -2.31. The molecule has 1 heterocycles. The van der Waals surface area contributed by atoms with E-state index in [0.717, 1.165) is 5.69 Å². The molecular formula is C15H20N2O3. The Labute approximate surface area is 118 Å². The summed E-state index contributed by atoms with van der Waals surface area (Å²) in [4.78, 5) is 26.2. The molecule has 2 rings (SSSR count). The second kappa shape index (κ2) is 5.53. The average Bonchev–Trinajstić information content (AvgIpc) is 2.57. The average molecular weight is 276 g/mol. The van der Waals surface area contributed by atoms with E-state index in [1.807, 2.05) is 31.2 Å². The van der Waals surface area contributed by atoms with Crippen molar-refractivity contribution in [1.29, 1.82) is 0 Å². The number of carbonyl (C=O) groups excluding carboxylic acids is 2. The van der Waals surface area contributed by atoms with Crippen molar-refractivity contribution < 1.29 is 14.3 Å². The zero-order valence-electron chi connectivity index (χ0n) is 12.1. The Morgan fingerprint density at radius 2 is 2.15 bits per heavy atom. The monoisotopic (exact) mass is 276 g/mol. The molecule has 1 aliphatic rings. The summed E-state index contributed by atoms with van der Waals surface area (Å²) in [6.07, 6.45) is 0.858. The number of rotatable bonds is 3. The maximum absolute atomic E-state index is 12.7. The van der Waals surface area contributed by atoms with Crippen LogP contribution < -0.4 is 15.0 Å². The molecule has 1 aromatic rings. The zero-order valence-corrected chi connectivity index (χ0v) is 12.1. The second-order valence-corrected chi connectivity index (χ2v) is 5.14. The van der Waals surface area contributed by atoms with Crippen molar-refractivity contribution in [2.45, 2.75) is 32.2 Å². The van der Waals surface area contributed by atoms with Crippen LogP contribution in [0.15, 0.2) is 24.3 Å². The van der Waals surface area contributed by atoms with Crippen molar-refractivity contribution in [2.75, 3.05) is 18.6 Å². The topological polar surface area (TPSA) is 58.6 Å². The van der Waals surface area contributed by atoms with Crippen molar-refractivity contribution in [1.82, 2.24) is 5.32 Å². The Balaban J connectivity index is 2.38. The van der Waals surface area contributed by atoms with Crippen molar-refractivity contribution in [2.24, 2.45) is 0 Å². The van der Waals surface area contributed by atoms with Crippen LogP contribution >= 0.6 is 0 Å². The van der Waals surface area contributed by atoms with Gasteiger partial charge >= 0.3 is 0 Å². The summed E-state index contributed by atoms with van der Waals surface area (Å²) in [5.74, 6) is 0.518. The largest absolute Gasteiger partial charge is 0.497 e. The number of methoxy groups -OCH3 is 1. The molecular weight excluding hydrogens is 256 g/mol. The molecule has 1 aliphatic heterocycles. The highest BCUT2D eigenvalue weighted by Crippen LogP contribution is 2.26. The van der Waals surface area contributed by atoms with Gasteiger partial charge in [-0.15, -0.1) is 0 Å². The summed E-state index contributed by atoms with van der Waals surface area (Å²) >= 11 is 0. The SMILES string of the molecule is CCC1(C)NC(=O)CCN(c2cccc(OC)c2)C1=O. The molecule has 20 heavy (non-hydrogen) atoms. The summed E-state index contributed by atoms with van der Waals surface area (Å²) < 4.78 is 5.19. The van der Waals surface area contributed by atoms with Gasteiger partial charge in [-0.05, 0) is 25.5 Å². The first-order chi connectivity index (χ1) is 9.50. The number of anilines is 1. The van der Waals surface area contributed by atoms with Gasteiger partial charge in [0.15, 0.2) is 0 Å². The lowest BCUT2D eigenvalue weighted by Crippen LogP contribution is -2.54. The van der Waals surface area contributed by atoms with Gasteiger partial charge in [-0.25, -0.2) is 0 Å². The van der Waals surface area contributed by atoms with E-state index >= 15 is 0 Å². The van der Waals surface area contributed by atoms with Crippen molar-refractivity contribution >= 4 is 17.5 Å². The number of hydrogen-bond donors (Lipinski definition) is 1. The summed E-state index contributed by atoms with van der Waals surface area (Å²) in [5, 5.41) is 2.82. The molecule has 5 nitrogen and oxygen atoms in total. The smallest absolute Gasteiger partial charge is 0.252 e. The second-order valence-electron chi connectivity index (χ2n) is 5.14. The van der Waals surface area contributed by atoms with Crippen molar-refractivity contribution in [3.8, 4) is 5.75 Å². The highest BCUT2D eigenvalue weighted by Gasteiger charge is 2.39. The predicted molar refractivity (Wildman–Crippen MR) is 76.8 cm³/mol. The van der Waals surface area contributed by atoms with E-state index in [-0.39, 0.29) is 11.8 Å². The molecule has 0 bridgehead atoms. The van der Waals surface area contributed by atoms with Crippen LogP contribution in [0.1, 0.15) is 26.7 Å². The highest BCUT2D eigenvalue weighted by atomic mass is 16.5. The Kier molecular flexibility index (Phi) is 3.97. The molecule has 0 radical (unpaired) electrons. The van der Waals surface area contributed by atoms with E-state index in [2.05, 4.69) is 5.32 Å². The van der Waals surface area contributed by atoms with E-state index in [1.165, 1.54) is 0 Å². The van der Waals surface area contributed by atoms with E-state index in [4.69, 9.17) is 4.74 Å². The Hall–Kier alpha value is -2.04. The van der Waals surface area contributed by atoms with Gasteiger partial charge in [0.05, 0.1) is 7.11 Å². The quantitative estimate of drug-likeness (QED) is 0.914. The van der Waals surface area contributed by atoms with E-state index in [9.17, 15) is 9.59 Å². The minimum Gasteiger partial charge on any atom is -0.497 e. The molecule has 1 N–H and O–H groups in total. The van der Waals surface area contributed by atoms with Crippen LogP contribution in [-0.4, -0.2) is 31.0 Å². The van der Waals surface area contributed by atoms with Gasteiger partial charge in [-0.3, -0.25) is 9.59 Å². The minimum atomic E-state index is -0.851. The Morgan fingerprint density at radius 1 is 1.40 bits per heavy atom. The van der Waals surface area contributed by atoms with Crippen molar-refractivity contribution in [3.63, 3.8) is 0 Å². The Bertz CT molecular complexity index is 530. The van der Waals surface area contributed by atoms with Gasteiger partial charge < -0.3 is 15.0 Å². The van der Waals surface area contributed by atoms with Gasteiger partial charge in [-0.2, -0.15) is 0 Å². The molecule has 1 unspecified atom stereocenters. The van der Waals surface area contributed by atoms with E-state index < -0.39 is 5.54 Å². The normalized spacial score (nSPS) is 23.2. The molecule has 2 amide bonds. The number of hydrogen-bond acceptors (Lipinski definition) is 3. The lowest BCUT2D eigenvalue weighted by atomic mass is 9.97. The number of amides is 2. The molecule has 1 aromatic carbocycles. The molecule has 0 aromatic heterocycles. The maximum Gasteiger partial charge on any atom is 0.252 e. The first-order valence-corrected chi connectivity index (χ1v) is 6.77. The number of benzene rings is 1. The molecule has 0 spiro atoms. The van der Waals surface area contributed by atoms with Crippen LogP contribution in [0.25, 0.3) is 0 Å². The molecule has 1 fully saturated rings. The van der Waals surface area contributed by atoms with Crippen LogP contribution in [-0.2, 0) is 9.59 Å². The van der Waals surface area contributed by atoms with Gasteiger partial charge in [-0.1, -0.05) is 13.0 Å². The summed E-state index contributed by atoms with van der Waals surface area (Å²) in [6, 6.07) is 7.33. The number of nitrogens with one attached hydrogen (secondary N) is 1. The molecule has 5 heteroatoms. The number of ether oxygens (including phenoxy) is 1. The molecule has 1 saturated heterocycles. The fourth-order valence-corrected chi connectivity index (χ4v) is 2.30. The standard InChI is InChI=1S/C15H20N2O3/c1-4-15(2)14(19)17(9-8-13(18)16-15)11-6-5-7-12(10-11)20-3/h5-7,10H,4,8-9H2,1-3H3,(H,16,18). The minimum absolute atomic E-state index is 0.0842. The maximum atomic E-state index is 12.7. The zero-order chi connectivity index (χ0) is 14.8. The van der Waals surface area contributed by atoms with Gasteiger partial charge in [0.1, 0.15) is 11.3 Å². The fourth-order valence-electron chi connectivity index (χ4n) is 2.30. The number of nitrogens with zero attached hydrogens (tertiary/aromatic N) is 1. The summed E-state index contributed by atoms with van der Waals surface area (Å²) in [5.41, 5.74) is -0.0954. The highest BCUT2D eigenvalue weighted by molar-refractivity contribution is 6.04. The number of carbonyl (C=O) groups is 2. The first kappa shape index (κ1) is 14.4. The van der Waals surface area contributed by atoms with E-state index in [0.29, 0.717) is 25.1 Å². The third-order valence-electron chi connectivity index (χ3n) is 3.77. The van der Waals surface area contributed by atoms with Gasteiger partial charge in [0.2, 0.25) is 5.91 Å². The molecule has 0 saturated carbocycles. The van der Waals surface area contributed by atoms with Crippen LogP contribution in [0.4, 0.5) is 5.69 Å². The van der Waals surface area contributed by atoms with Crippen LogP contribution in [0.5, 0.6) is 5.75 Å². The Morgan fingerprint density at radius 3 is 2.80 bits per heavy atom. The van der Waals surface area contributed by atoms with Gasteiger partial charge in [0.25, 0.3) is 5.91 Å². The summed E-state index contributed by atoms with van der Waals surface area (Å²) in [7, 11) is 1.59.